The molecular formula is C24H25N3O3. The van der Waals surface area contributed by atoms with Gasteiger partial charge in [-0.15, -0.1) is 0 Å². The predicted octanol–water partition coefficient (Wildman–Crippen LogP) is 3.09. The van der Waals surface area contributed by atoms with Crippen LogP contribution in [-0.2, 0) is 16.1 Å². The highest BCUT2D eigenvalue weighted by molar-refractivity contribution is 5.95. The molecule has 6 heteroatoms. The molecule has 0 bridgehead atoms. The lowest BCUT2D eigenvalue weighted by Crippen LogP contribution is -2.38. The summed E-state index contributed by atoms with van der Waals surface area (Å²) in [5.41, 5.74) is 3.46. The maximum Gasteiger partial charge on any atom is 0.323 e. The van der Waals surface area contributed by atoms with Crippen LogP contribution in [0.4, 0.5) is 0 Å². The number of nitrogens with one attached hydrogen (secondary N) is 1. The smallest absolute Gasteiger partial charge is 0.323 e. The van der Waals surface area contributed by atoms with E-state index < -0.39 is 0 Å². The highest BCUT2D eigenvalue weighted by Crippen LogP contribution is 2.23. The highest BCUT2D eigenvalue weighted by Gasteiger charge is 2.38. The SMILES string of the molecule is COC(=O)[C@@H]1C[C@H](NC(=O)c2ccc3ccccc3n2)CN1Cc1cccc(C)c1. The number of hydrogen-bond donors (Lipinski definition) is 1. The number of benzene rings is 2. The van der Waals surface area contributed by atoms with Crippen molar-refractivity contribution in [3.63, 3.8) is 0 Å². The van der Waals surface area contributed by atoms with Gasteiger partial charge >= 0.3 is 5.97 Å². The van der Waals surface area contributed by atoms with Crippen molar-refractivity contribution in [3.8, 4) is 0 Å². The number of carbonyl (C=O) groups is 2. The Labute approximate surface area is 175 Å². The number of aryl methyl sites for hydroxylation is 1. The van der Waals surface area contributed by atoms with Crippen LogP contribution in [0.15, 0.2) is 60.7 Å². The number of ether oxygens (including phenoxy) is 1. The predicted molar refractivity (Wildman–Crippen MR) is 115 cm³/mol. The maximum atomic E-state index is 12.8. The Morgan fingerprint density at radius 1 is 1.13 bits per heavy atom. The van der Waals surface area contributed by atoms with Crippen molar-refractivity contribution in [1.29, 1.82) is 0 Å². The number of amides is 1. The molecule has 0 radical (unpaired) electrons. The second kappa shape index (κ2) is 8.63. The molecule has 2 heterocycles. The number of methoxy groups -OCH3 is 1. The number of fused-ring (bicyclic) bond motifs is 1. The van der Waals surface area contributed by atoms with Crippen LogP contribution >= 0.6 is 0 Å². The summed E-state index contributed by atoms with van der Waals surface area (Å²) < 4.78 is 5.01. The Bertz CT molecular complexity index is 1080. The second-order valence-electron chi connectivity index (χ2n) is 7.75. The van der Waals surface area contributed by atoms with Crippen molar-refractivity contribution in [3.05, 3.63) is 77.5 Å². The Morgan fingerprint density at radius 3 is 2.77 bits per heavy atom. The molecule has 0 aliphatic carbocycles. The van der Waals surface area contributed by atoms with Crippen molar-refractivity contribution in [2.45, 2.75) is 32.0 Å². The molecule has 154 valence electrons. The van der Waals surface area contributed by atoms with E-state index in [2.05, 4.69) is 21.3 Å². The Hall–Kier alpha value is -3.25. The van der Waals surface area contributed by atoms with Gasteiger partial charge in [0, 0.05) is 24.5 Å². The lowest BCUT2D eigenvalue weighted by molar-refractivity contribution is -0.146. The van der Waals surface area contributed by atoms with Crippen molar-refractivity contribution in [2.75, 3.05) is 13.7 Å². The minimum absolute atomic E-state index is 0.153. The van der Waals surface area contributed by atoms with E-state index in [9.17, 15) is 9.59 Å². The molecule has 1 aliphatic rings. The monoisotopic (exact) mass is 403 g/mol. The van der Waals surface area contributed by atoms with Crippen LogP contribution in [-0.4, -0.2) is 47.5 Å². The van der Waals surface area contributed by atoms with Gasteiger partial charge in [-0.25, -0.2) is 4.98 Å². The van der Waals surface area contributed by atoms with E-state index in [1.165, 1.54) is 12.7 Å². The summed E-state index contributed by atoms with van der Waals surface area (Å²) in [6, 6.07) is 19.0. The molecule has 1 fully saturated rings. The standard InChI is InChI=1S/C24H25N3O3/c1-16-6-5-7-17(12-16)14-27-15-19(13-22(27)24(29)30-2)25-23(28)21-11-10-18-8-3-4-9-20(18)26-21/h3-12,19,22H,13-15H2,1-2H3,(H,25,28)/t19-,22-/m0/s1. The number of carbonyl (C=O) groups excluding carboxylic acids is 2. The number of hydrogen-bond acceptors (Lipinski definition) is 5. The quantitative estimate of drug-likeness (QED) is 0.663. The number of rotatable bonds is 5. The molecule has 1 N–H and O–H groups in total. The summed E-state index contributed by atoms with van der Waals surface area (Å²) in [6.45, 7) is 3.25. The van der Waals surface area contributed by atoms with Crippen LogP contribution in [0.2, 0.25) is 0 Å². The molecule has 1 aromatic heterocycles. The fourth-order valence-corrected chi connectivity index (χ4v) is 4.06. The van der Waals surface area contributed by atoms with E-state index >= 15 is 0 Å². The third kappa shape index (κ3) is 4.33. The zero-order valence-electron chi connectivity index (χ0n) is 17.2. The van der Waals surface area contributed by atoms with Crippen molar-refractivity contribution < 1.29 is 14.3 Å². The number of likely N-dealkylation sites (tertiary alicyclic amines) is 1. The number of esters is 1. The van der Waals surface area contributed by atoms with Crippen LogP contribution < -0.4 is 5.32 Å². The van der Waals surface area contributed by atoms with Gasteiger partial charge in [0.25, 0.3) is 5.91 Å². The molecule has 1 aliphatic heterocycles. The topological polar surface area (TPSA) is 71.5 Å². The van der Waals surface area contributed by atoms with Crippen LogP contribution in [0.3, 0.4) is 0 Å². The summed E-state index contributed by atoms with van der Waals surface area (Å²) in [5.74, 6) is -0.505. The molecular weight excluding hydrogens is 378 g/mol. The molecule has 1 saturated heterocycles. The first-order valence-electron chi connectivity index (χ1n) is 10.1. The Balaban J connectivity index is 1.48. The fraction of sp³-hybridized carbons (Fsp3) is 0.292. The summed E-state index contributed by atoms with van der Waals surface area (Å²) >= 11 is 0. The fourth-order valence-electron chi connectivity index (χ4n) is 4.06. The average Bonchev–Trinajstić information content (AvgIpc) is 3.14. The van der Waals surface area contributed by atoms with E-state index in [0.29, 0.717) is 25.2 Å². The van der Waals surface area contributed by atoms with Crippen LogP contribution in [0.1, 0.15) is 28.0 Å². The molecule has 2 aromatic carbocycles. The molecule has 6 nitrogen and oxygen atoms in total. The first kappa shape index (κ1) is 20.0. The highest BCUT2D eigenvalue weighted by atomic mass is 16.5. The minimum atomic E-state index is -0.384. The number of aromatic nitrogens is 1. The van der Waals surface area contributed by atoms with Gasteiger partial charge in [0.15, 0.2) is 0 Å². The van der Waals surface area contributed by atoms with Crippen LogP contribution in [0.5, 0.6) is 0 Å². The maximum absolute atomic E-state index is 12.8. The number of pyridine rings is 1. The molecule has 0 spiro atoms. The summed E-state index contributed by atoms with van der Waals surface area (Å²) in [7, 11) is 1.40. The molecule has 0 saturated carbocycles. The minimum Gasteiger partial charge on any atom is -0.468 e. The largest absolute Gasteiger partial charge is 0.468 e. The van der Waals surface area contributed by atoms with Crippen molar-refractivity contribution >= 4 is 22.8 Å². The van der Waals surface area contributed by atoms with Gasteiger partial charge in [0.2, 0.25) is 0 Å². The molecule has 2 atom stereocenters. The van der Waals surface area contributed by atoms with Gasteiger partial charge in [-0.2, -0.15) is 0 Å². The Kier molecular flexibility index (Phi) is 5.77. The summed E-state index contributed by atoms with van der Waals surface area (Å²) in [4.78, 5) is 31.7. The third-order valence-corrected chi connectivity index (χ3v) is 5.51. The molecule has 0 unspecified atom stereocenters. The third-order valence-electron chi connectivity index (χ3n) is 5.51. The number of para-hydroxylation sites is 1. The lowest BCUT2D eigenvalue weighted by atomic mass is 10.1. The van der Waals surface area contributed by atoms with Gasteiger partial charge in [-0.05, 0) is 31.0 Å². The van der Waals surface area contributed by atoms with Gasteiger partial charge in [0.05, 0.1) is 12.6 Å². The summed E-state index contributed by atoms with van der Waals surface area (Å²) in [5, 5.41) is 4.04. The van der Waals surface area contributed by atoms with Gasteiger partial charge in [-0.1, -0.05) is 54.1 Å². The van der Waals surface area contributed by atoms with Gasteiger partial charge < -0.3 is 10.1 Å². The van der Waals surface area contributed by atoms with E-state index in [0.717, 1.165) is 16.5 Å². The van der Waals surface area contributed by atoms with Crippen LogP contribution in [0.25, 0.3) is 10.9 Å². The van der Waals surface area contributed by atoms with E-state index in [-0.39, 0.29) is 24.0 Å². The zero-order chi connectivity index (χ0) is 21.1. The molecule has 4 rings (SSSR count). The van der Waals surface area contributed by atoms with Crippen LogP contribution in [0, 0.1) is 6.92 Å². The normalized spacial score (nSPS) is 19.0. The van der Waals surface area contributed by atoms with Gasteiger partial charge in [-0.3, -0.25) is 14.5 Å². The molecule has 30 heavy (non-hydrogen) atoms. The molecule has 1 amide bonds. The Morgan fingerprint density at radius 2 is 1.97 bits per heavy atom. The van der Waals surface area contributed by atoms with E-state index in [1.54, 1.807) is 6.07 Å². The first-order valence-corrected chi connectivity index (χ1v) is 10.1. The zero-order valence-corrected chi connectivity index (χ0v) is 17.2. The van der Waals surface area contributed by atoms with E-state index in [4.69, 9.17) is 4.74 Å². The number of nitrogens with zero attached hydrogens (tertiary/aromatic N) is 2. The van der Waals surface area contributed by atoms with Crippen molar-refractivity contribution in [2.24, 2.45) is 0 Å². The van der Waals surface area contributed by atoms with E-state index in [1.807, 2.05) is 55.5 Å². The average molecular weight is 403 g/mol. The van der Waals surface area contributed by atoms with Crippen molar-refractivity contribution in [1.82, 2.24) is 15.2 Å². The summed E-state index contributed by atoms with van der Waals surface area (Å²) in [6.07, 6.45) is 0.512. The first-order chi connectivity index (χ1) is 14.5. The van der Waals surface area contributed by atoms with Gasteiger partial charge in [0.1, 0.15) is 11.7 Å². The lowest BCUT2D eigenvalue weighted by Gasteiger charge is -2.22. The molecule has 3 aromatic rings. The second-order valence-corrected chi connectivity index (χ2v) is 7.75.